The molecule has 0 radical (unpaired) electrons. The first-order chi connectivity index (χ1) is 15.6. The van der Waals surface area contributed by atoms with Crippen molar-refractivity contribution in [3.63, 3.8) is 0 Å². The van der Waals surface area contributed by atoms with E-state index in [4.69, 9.17) is 9.15 Å². The van der Waals surface area contributed by atoms with E-state index in [9.17, 15) is 4.79 Å². The lowest BCUT2D eigenvalue weighted by molar-refractivity contribution is -0.118. The molecule has 1 amide bonds. The summed E-state index contributed by atoms with van der Waals surface area (Å²) in [7, 11) is 1.63. The monoisotopic (exact) mass is 451 g/mol. The summed E-state index contributed by atoms with van der Waals surface area (Å²) in [6.45, 7) is 9.22. The van der Waals surface area contributed by atoms with Gasteiger partial charge in [0.25, 0.3) is 0 Å². The van der Waals surface area contributed by atoms with Gasteiger partial charge in [-0.25, -0.2) is 4.98 Å². The third-order valence-electron chi connectivity index (χ3n) is 4.33. The van der Waals surface area contributed by atoms with Gasteiger partial charge >= 0.3 is 0 Å². The molecule has 0 aliphatic rings. The Morgan fingerprint density at radius 3 is 2.59 bits per heavy atom. The Morgan fingerprint density at radius 1 is 1.22 bits per heavy atom. The van der Waals surface area contributed by atoms with Crippen LogP contribution in [0.4, 0.5) is 0 Å². The predicted octanol–water partition coefficient (Wildman–Crippen LogP) is 5.00. The molecule has 3 rings (SSSR count). The zero-order valence-electron chi connectivity index (χ0n) is 18.5. The number of rotatable bonds is 10. The lowest BCUT2D eigenvalue weighted by Gasteiger charge is -2.04. The second-order valence-electron chi connectivity index (χ2n) is 6.68. The number of hydrogen-bond acceptors (Lipinski definition) is 6. The summed E-state index contributed by atoms with van der Waals surface area (Å²) in [5.41, 5.74) is 2.87. The molecule has 2 heterocycles. The van der Waals surface area contributed by atoms with Gasteiger partial charge in [-0.15, -0.1) is 11.8 Å². The normalized spacial score (nSPS) is 9.94. The summed E-state index contributed by atoms with van der Waals surface area (Å²) >= 11 is 1.52. The number of methoxy groups -OCH3 is 1. The van der Waals surface area contributed by atoms with E-state index in [2.05, 4.69) is 28.4 Å². The summed E-state index contributed by atoms with van der Waals surface area (Å²) in [6.07, 6.45) is 7.61. The molecule has 0 saturated carbocycles. The number of oxazole rings is 1. The maximum absolute atomic E-state index is 12.0. The quantitative estimate of drug-likeness (QED) is 0.437. The largest absolute Gasteiger partial charge is 0.497 e. The van der Waals surface area contributed by atoms with Crippen LogP contribution in [-0.2, 0) is 17.0 Å². The molecular weight excluding hydrogens is 422 g/mol. The standard InChI is InChI=1S/C21H23N3O3S.C4H6/c1-15-19(24-21(27-15)17-5-7-18(26-2)8-6-17)13-28-14-20(25)23-11-9-16-4-3-10-22-12-16;1-3-4-2/h3-8,10,12H,9,11,13-14H2,1-2H3,(H,23,25);3-4H,1-2H2. The minimum atomic E-state index is 0.0189. The molecule has 0 spiro atoms. The van der Waals surface area contributed by atoms with E-state index in [1.807, 2.05) is 49.5 Å². The number of aryl methyl sites for hydroxylation is 1. The zero-order valence-corrected chi connectivity index (χ0v) is 19.4. The van der Waals surface area contributed by atoms with Crippen LogP contribution in [-0.4, -0.2) is 35.3 Å². The van der Waals surface area contributed by atoms with E-state index < -0.39 is 0 Å². The topological polar surface area (TPSA) is 77.2 Å². The van der Waals surface area contributed by atoms with Crippen LogP contribution in [0.25, 0.3) is 11.5 Å². The Balaban J connectivity index is 0.000000837. The van der Waals surface area contributed by atoms with E-state index in [0.29, 0.717) is 23.9 Å². The number of nitrogens with zero attached hydrogens (tertiary/aromatic N) is 2. The molecule has 1 aromatic carbocycles. The van der Waals surface area contributed by atoms with Crippen molar-refractivity contribution in [2.75, 3.05) is 19.4 Å². The Kier molecular flexibility index (Phi) is 10.8. The van der Waals surface area contributed by atoms with Crippen LogP contribution >= 0.6 is 11.8 Å². The summed E-state index contributed by atoms with van der Waals surface area (Å²) in [5.74, 6) is 3.17. The van der Waals surface area contributed by atoms with Gasteiger partial charge in [-0.2, -0.15) is 0 Å². The second-order valence-corrected chi connectivity index (χ2v) is 7.66. The van der Waals surface area contributed by atoms with Gasteiger partial charge in [0, 0.05) is 30.3 Å². The molecule has 1 N–H and O–H groups in total. The van der Waals surface area contributed by atoms with Gasteiger partial charge in [-0.1, -0.05) is 31.4 Å². The molecule has 3 aromatic rings. The molecule has 168 valence electrons. The number of aromatic nitrogens is 2. The van der Waals surface area contributed by atoms with Crippen molar-refractivity contribution in [3.8, 4) is 17.2 Å². The maximum atomic E-state index is 12.0. The van der Waals surface area contributed by atoms with Crippen LogP contribution in [0.5, 0.6) is 5.75 Å². The number of thioether (sulfide) groups is 1. The van der Waals surface area contributed by atoms with Gasteiger partial charge in [0.05, 0.1) is 18.6 Å². The number of pyridine rings is 1. The lowest BCUT2D eigenvalue weighted by Crippen LogP contribution is -2.27. The Morgan fingerprint density at radius 2 is 1.97 bits per heavy atom. The number of hydrogen-bond donors (Lipinski definition) is 1. The number of carbonyl (C=O) groups is 1. The third-order valence-corrected chi connectivity index (χ3v) is 5.27. The molecule has 0 unspecified atom stereocenters. The summed E-state index contributed by atoms with van der Waals surface area (Å²) < 4.78 is 10.9. The van der Waals surface area contributed by atoms with Crippen molar-refractivity contribution in [3.05, 3.63) is 91.1 Å². The second kappa shape index (κ2) is 13.9. The summed E-state index contributed by atoms with van der Waals surface area (Å²) in [6, 6.07) is 11.5. The zero-order chi connectivity index (χ0) is 23.2. The number of allylic oxidation sites excluding steroid dienone is 2. The van der Waals surface area contributed by atoms with E-state index >= 15 is 0 Å². The summed E-state index contributed by atoms with van der Waals surface area (Å²) in [5, 5.41) is 2.93. The van der Waals surface area contributed by atoms with Gasteiger partial charge in [0.2, 0.25) is 11.8 Å². The maximum Gasteiger partial charge on any atom is 0.230 e. The first-order valence-electron chi connectivity index (χ1n) is 10.1. The van der Waals surface area contributed by atoms with Crippen molar-refractivity contribution in [1.29, 1.82) is 0 Å². The highest BCUT2D eigenvalue weighted by Crippen LogP contribution is 2.25. The molecule has 32 heavy (non-hydrogen) atoms. The first kappa shape index (κ1) is 24.9. The van der Waals surface area contributed by atoms with Crippen molar-refractivity contribution in [2.45, 2.75) is 19.1 Å². The molecule has 0 aliphatic heterocycles. The Hall–Kier alpha value is -3.32. The van der Waals surface area contributed by atoms with Crippen LogP contribution in [0, 0.1) is 6.92 Å². The molecule has 0 atom stereocenters. The Bertz CT molecular complexity index is 979. The Labute approximate surface area is 193 Å². The van der Waals surface area contributed by atoms with Crippen LogP contribution in [0.15, 0.2) is 78.5 Å². The number of ether oxygens (including phenoxy) is 1. The summed E-state index contributed by atoms with van der Waals surface area (Å²) in [4.78, 5) is 20.6. The van der Waals surface area contributed by atoms with Crippen LogP contribution in [0.1, 0.15) is 17.0 Å². The fraction of sp³-hybridized carbons (Fsp3) is 0.240. The van der Waals surface area contributed by atoms with E-state index in [0.717, 1.165) is 34.8 Å². The van der Waals surface area contributed by atoms with Gasteiger partial charge < -0.3 is 14.5 Å². The molecule has 0 saturated heterocycles. The lowest BCUT2D eigenvalue weighted by atomic mass is 10.2. The van der Waals surface area contributed by atoms with Gasteiger partial charge in [0.1, 0.15) is 11.5 Å². The smallest absolute Gasteiger partial charge is 0.230 e. The fourth-order valence-electron chi connectivity index (χ4n) is 2.60. The van der Waals surface area contributed by atoms with Crippen molar-refractivity contribution >= 4 is 17.7 Å². The average Bonchev–Trinajstić information content (AvgIpc) is 3.20. The molecule has 0 fully saturated rings. The molecule has 6 nitrogen and oxygen atoms in total. The number of nitrogens with one attached hydrogen (secondary N) is 1. The third kappa shape index (κ3) is 8.43. The van der Waals surface area contributed by atoms with Crippen molar-refractivity contribution < 1.29 is 13.9 Å². The van der Waals surface area contributed by atoms with Gasteiger partial charge in [0.15, 0.2) is 0 Å². The number of amides is 1. The average molecular weight is 452 g/mol. The van der Waals surface area contributed by atoms with E-state index in [1.54, 1.807) is 25.5 Å². The predicted molar refractivity (Wildman–Crippen MR) is 131 cm³/mol. The molecular formula is C25H29N3O3S. The highest BCUT2D eigenvalue weighted by atomic mass is 32.2. The SMILES string of the molecule is C=CC=C.COc1ccc(-c2nc(CSCC(=O)NCCc3cccnc3)c(C)o2)cc1. The molecule has 7 heteroatoms. The minimum Gasteiger partial charge on any atom is -0.497 e. The van der Waals surface area contributed by atoms with Gasteiger partial charge in [-0.3, -0.25) is 9.78 Å². The van der Waals surface area contributed by atoms with Crippen LogP contribution in [0.2, 0.25) is 0 Å². The van der Waals surface area contributed by atoms with Crippen LogP contribution in [0.3, 0.4) is 0 Å². The van der Waals surface area contributed by atoms with Crippen molar-refractivity contribution in [1.82, 2.24) is 15.3 Å². The molecule has 2 aromatic heterocycles. The first-order valence-corrected chi connectivity index (χ1v) is 11.3. The molecule has 0 aliphatic carbocycles. The van der Waals surface area contributed by atoms with E-state index in [-0.39, 0.29) is 5.91 Å². The highest BCUT2D eigenvalue weighted by Gasteiger charge is 2.12. The minimum absolute atomic E-state index is 0.0189. The van der Waals surface area contributed by atoms with E-state index in [1.165, 1.54) is 11.8 Å². The molecule has 0 bridgehead atoms. The van der Waals surface area contributed by atoms with Gasteiger partial charge in [-0.05, 0) is 49.2 Å². The highest BCUT2D eigenvalue weighted by molar-refractivity contribution is 7.99. The fourth-order valence-corrected chi connectivity index (χ4v) is 3.45. The van der Waals surface area contributed by atoms with Crippen LogP contribution < -0.4 is 10.1 Å². The number of benzene rings is 1. The number of carbonyl (C=O) groups excluding carboxylic acids is 1. The van der Waals surface area contributed by atoms with Crippen molar-refractivity contribution in [2.24, 2.45) is 0 Å².